The minimum atomic E-state index is -0.743. The second-order valence-corrected chi connectivity index (χ2v) is 9.70. The van der Waals surface area contributed by atoms with Gasteiger partial charge in [-0.05, 0) is 48.2 Å². The number of hydrogen-bond acceptors (Lipinski definition) is 4. The Morgan fingerprint density at radius 1 is 1.10 bits per heavy atom. The lowest BCUT2D eigenvalue weighted by atomic mass is 9.72. The number of nitrogens with one attached hydrogen (secondary N) is 1. The molecule has 1 saturated carbocycles. The Hall–Kier alpha value is -1.30. The Balaban J connectivity index is 1.78. The molecule has 1 aliphatic carbocycles. The Kier molecular flexibility index (Phi) is 7.45. The minimum Gasteiger partial charge on any atom is -0.496 e. The molecule has 1 saturated heterocycles. The Morgan fingerprint density at radius 2 is 1.84 bits per heavy atom. The number of nitrogens with zero attached hydrogens (tertiary/aromatic N) is 1. The van der Waals surface area contributed by atoms with Crippen molar-refractivity contribution in [3.63, 3.8) is 0 Å². The van der Waals surface area contributed by atoms with Gasteiger partial charge >= 0.3 is 0 Å². The van der Waals surface area contributed by atoms with Gasteiger partial charge in [0.1, 0.15) is 5.75 Å². The van der Waals surface area contributed by atoms with Crippen molar-refractivity contribution in [2.45, 2.75) is 43.6 Å². The Bertz CT molecular complexity index is 893. The molecule has 6 heteroatoms. The second kappa shape index (κ2) is 10.1. The van der Waals surface area contributed by atoms with Gasteiger partial charge in [-0.15, -0.1) is 0 Å². The molecule has 1 aliphatic heterocycles. The number of benzene rings is 2. The number of halogens is 2. The van der Waals surface area contributed by atoms with Gasteiger partial charge in [0.15, 0.2) is 0 Å². The molecule has 168 valence electrons. The normalized spacial score (nSPS) is 20.4. The minimum absolute atomic E-state index is 0.0535. The van der Waals surface area contributed by atoms with Crippen LogP contribution >= 0.6 is 23.2 Å². The first-order chi connectivity index (χ1) is 15.0. The molecule has 31 heavy (non-hydrogen) atoms. The summed E-state index contributed by atoms with van der Waals surface area (Å²) < 4.78 is 5.67. The summed E-state index contributed by atoms with van der Waals surface area (Å²) in [6.45, 7) is 4.74. The summed E-state index contributed by atoms with van der Waals surface area (Å²) in [5, 5.41) is 16.6. The first kappa shape index (κ1) is 22.9. The highest BCUT2D eigenvalue weighted by Crippen LogP contribution is 2.45. The van der Waals surface area contributed by atoms with E-state index in [1.165, 1.54) is 6.42 Å². The zero-order chi connectivity index (χ0) is 21.8. The molecule has 2 fully saturated rings. The summed E-state index contributed by atoms with van der Waals surface area (Å²) in [4.78, 5) is 2.45. The van der Waals surface area contributed by atoms with Crippen molar-refractivity contribution in [3.05, 3.63) is 52.0 Å². The van der Waals surface area contributed by atoms with Crippen molar-refractivity contribution in [3.8, 4) is 16.9 Å². The fraction of sp³-hybridized carbons (Fsp3) is 0.520. The molecule has 1 heterocycles. The maximum absolute atomic E-state index is 11.8. The molecule has 4 rings (SSSR count). The van der Waals surface area contributed by atoms with E-state index in [4.69, 9.17) is 27.9 Å². The molecule has 0 aromatic heterocycles. The van der Waals surface area contributed by atoms with Crippen LogP contribution in [0.1, 0.15) is 43.6 Å². The predicted molar refractivity (Wildman–Crippen MR) is 129 cm³/mol. The van der Waals surface area contributed by atoms with Crippen molar-refractivity contribution < 1.29 is 9.84 Å². The molecule has 2 aromatic carbocycles. The van der Waals surface area contributed by atoms with E-state index in [0.29, 0.717) is 15.8 Å². The third-order valence-corrected chi connectivity index (χ3v) is 7.41. The van der Waals surface area contributed by atoms with Crippen LogP contribution in [0.5, 0.6) is 5.75 Å². The van der Waals surface area contributed by atoms with E-state index in [9.17, 15) is 5.11 Å². The fourth-order valence-corrected chi connectivity index (χ4v) is 5.59. The Labute approximate surface area is 195 Å². The van der Waals surface area contributed by atoms with Crippen LogP contribution in [0.15, 0.2) is 36.4 Å². The van der Waals surface area contributed by atoms with Crippen molar-refractivity contribution in [2.24, 2.45) is 0 Å². The summed E-state index contributed by atoms with van der Waals surface area (Å²) in [5.41, 5.74) is 2.20. The van der Waals surface area contributed by atoms with Crippen LogP contribution in [0, 0.1) is 0 Å². The van der Waals surface area contributed by atoms with E-state index in [0.717, 1.165) is 75.1 Å². The summed E-state index contributed by atoms with van der Waals surface area (Å²) in [7, 11) is 1.66. The van der Waals surface area contributed by atoms with Gasteiger partial charge in [0.25, 0.3) is 0 Å². The van der Waals surface area contributed by atoms with Crippen molar-refractivity contribution in [2.75, 3.05) is 39.8 Å². The molecule has 1 atom stereocenters. The van der Waals surface area contributed by atoms with Gasteiger partial charge in [-0.25, -0.2) is 0 Å². The molecule has 2 N–H and O–H groups in total. The average molecular weight is 463 g/mol. The van der Waals surface area contributed by atoms with E-state index in [1.807, 2.05) is 30.3 Å². The van der Waals surface area contributed by atoms with E-state index in [-0.39, 0.29) is 5.92 Å². The molecular weight excluding hydrogens is 431 g/mol. The zero-order valence-electron chi connectivity index (χ0n) is 18.2. The number of piperazine rings is 1. The Morgan fingerprint density at radius 3 is 2.52 bits per heavy atom. The highest BCUT2D eigenvalue weighted by atomic mass is 35.5. The zero-order valence-corrected chi connectivity index (χ0v) is 19.7. The number of methoxy groups -OCH3 is 1. The van der Waals surface area contributed by atoms with Crippen LogP contribution in [0.2, 0.25) is 10.0 Å². The molecule has 1 unspecified atom stereocenters. The molecule has 0 spiro atoms. The van der Waals surface area contributed by atoms with Crippen LogP contribution in [0.25, 0.3) is 11.1 Å². The third kappa shape index (κ3) is 5.20. The molecule has 0 amide bonds. The maximum Gasteiger partial charge on any atom is 0.128 e. The first-order valence-electron chi connectivity index (χ1n) is 11.3. The monoisotopic (exact) mass is 462 g/mol. The standard InChI is InChI=1S/C25H32Cl2N2O2/c1-31-24-16-23(27)21(15-20(24)18-6-5-7-19(26)14-18)22(17-29-12-10-28-11-13-29)25(30)8-3-2-4-9-25/h5-7,14-16,22,28,30H,2-4,8-13,17H2,1H3. The summed E-state index contributed by atoms with van der Waals surface area (Å²) in [6, 6.07) is 11.8. The van der Waals surface area contributed by atoms with E-state index in [1.54, 1.807) is 7.11 Å². The lowest BCUT2D eigenvalue weighted by molar-refractivity contribution is -0.0316. The van der Waals surface area contributed by atoms with Gasteiger partial charge in [-0.1, -0.05) is 54.6 Å². The number of rotatable bonds is 6. The van der Waals surface area contributed by atoms with Crippen molar-refractivity contribution in [1.29, 1.82) is 0 Å². The SMILES string of the molecule is COc1cc(Cl)c(C(CN2CCNCC2)C2(O)CCCCC2)cc1-c1cccc(Cl)c1. The third-order valence-electron chi connectivity index (χ3n) is 6.85. The van der Waals surface area contributed by atoms with Crippen LogP contribution in [0.3, 0.4) is 0 Å². The lowest BCUT2D eigenvalue weighted by Gasteiger charge is -2.43. The quantitative estimate of drug-likeness (QED) is 0.606. The summed E-state index contributed by atoms with van der Waals surface area (Å²) in [5.74, 6) is 0.662. The van der Waals surface area contributed by atoms with Gasteiger partial charge < -0.3 is 20.1 Å². The van der Waals surface area contributed by atoms with E-state index in [2.05, 4.69) is 16.3 Å². The van der Waals surface area contributed by atoms with Gasteiger partial charge in [0, 0.05) is 54.3 Å². The smallest absolute Gasteiger partial charge is 0.128 e. The van der Waals surface area contributed by atoms with Crippen LogP contribution < -0.4 is 10.1 Å². The van der Waals surface area contributed by atoms with Gasteiger partial charge in [0.2, 0.25) is 0 Å². The molecule has 0 radical (unpaired) electrons. The maximum atomic E-state index is 11.8. The number of ether oxygens (including phenoxy) is 1. The average Bonchev–Trinajstić information content (AvgIpc) is 2.78. The fourth-order valence-electron chi connectivity index (χ4n) is 5.11. The largest absolute Gasteiger partial charge is 0.496 e. The number of aliphatic hydroxyl groups is 1. The highest BCUT2D eigenvalue weighted by Gasteiger charge is 2.41. The van der Waals surface area contributed by atoms with Crippen LogP contribution in [0.4, 0.5) is 0 Å². The summed E-state index contributed by atoms with van der Waals surface area (Å²) >= 11 is 13.1. The summed E-state index contributed by atoms with van der Waals surface area (Å²) in [6.07, 6.45) is 4.94. The van der Waals surface area contributed by atoms with Crippen molar-refractivity contribution >= 4 is 23.2 Å². The second-order valence-electron chi connectivity index (χ2n) is 8.85. The highest BCUT2D eigenvalue weighted by molar-refractivity contribution is 6.32. The topological polar surface area (TPSA) is 44.7 Å². The molecule has 0 bridgehead atoms. The van der Waals surface area contributed by atoms with Crippen LogP contribution in [-0.4, -0.2) is 55.4 Å². The lowest BCUT2D eigenvalue weighted by Crippen LogP contribution is -2.49. The molecular formula is C25H32Cl2N2O2. The van der Waals surface area contributed by atoms with Crippen molar-refractivity contribution in [1.82, 2.24) is 10.2 Å². The molecule has 2 aliphatic rings. The molecule has 4 nitrogen and oxygen atoms in total. The van der Waals surface area contributed by atoms with Gasteiger partial charge in [0.05, 0.1) is 12.7 Å². The van der Waals surface area contributed by atoms with Crippen LogP contribution in [-0.2, 0) is 0 Å². The number of hydrogen-bond donors (Lipinski definition) is 2. The van der Waals surface area contributed by atoms with Gasteiger partial charge in [-0.2, -0.15) is 0 Å². The van der Waals surface area contributed by atoms with E-state index >= 15 is 0 Å². The van der Waals surface area contributed by atoms with E-state index < -0.39 is 5.60 Å². The first-order valence-corrected chi connectivity index (χ1v) is 12.0. The van der Waals surface area contributed by atoms with Gasteiger partial charge in [-0.3, -0.25) is 0 Å². The predicted octanol–water partition coefficient (Wildman–Crippen LogP) is 5.35. The molecule has 2 aromatic rings.